The Morgan fingerprint density at radius 2 is 2.00 bits per heavy atom. The quantitative estimate of drug-likeness (QED) is 0.0875. The van der Waals surface area contributed by atoms with E-state index in [0.717, 1.165) is 12.5 Å². The molecule has 0 radical (unpaired) electrons. The second-order valence-electron chi connectivity index (χ2n) is 5.99. The SMILES string of the molecule is CCOC(=O)/C(O)=C(\N=Nc1nc[nH]c1C(=O)OCC)C(=O)N/N=C\c1cccc([N+](=O)[O-])c1. The van der Waals surface area contributed by atoms with Crippen LogP contribution in [0, 0.1) is 10.1 Å². The van der Waals surface area contributed by atoms with Crippen molar-refractivity contribution < 1.29 is 33.9 Å². The van der Waals surface area contributed by atoms with Gasteiger partial charge in [0.2, 0.25) is 17.3 Å². The van der Waals surface area contributed by atoms with E-state index in [1.165, 1.54) is 31.2 Å². The number of imidazole rings is 1. The summed E-state index contributed by atoms with van der Waals surface area (Å²) in [4.78, 5) is 52.8. The highest BCUT2D eigenvalue weighted by atomic mass is 16.6. The molecule has 1 amide bonds. The van der Waals surface area contributed by atoms with E-state index in [-0.39, 0.29) is 36.0 Å². The zero-order valence-corrected chi connectivity index (χ0v) is 17.9. The van der Waals surface area contributed by atoms with Gasteiger partial charge in [-0.25, -0.2) is 20.0 Å². The molecule has 0 aliphatic rings. The van der Waals surface area contributed by atoms with Crippen molar-refractivity contribution in [3.05, 3.63) is 63.4 Å². The molecule has 0 fully saturated rings. The van der Waals surface area contributed by atoms with Crippen molar-refractivity contribution in [2.75, 3.05) is 13.2 Å². The number of aliphatic hydroxyl groups excluding tert-OH is 1. The number of hydrogen-bond acceptors (Lipinski definition) is 12. The predicted octanol–water partition coefficient (Wildman–Crippen LogP) is 2.06. The Balaban J connectivity index is 2.29. The topological polar surface area (TPSA) is 211 Å². The maximum Gasteiger partial charge on any atom is 0.376 e. The van der Waals surface area contributed by atoms with Crippen LogP contribution in [0.25, 0.3) is 0 Å². The number of nitrogens with zero attached hydrogens (tertiary/aromatic N) is 5. The van der Waals surface area contributed by atoms with Crippen LogP contribution in [0.5, 0.6) is 0 Å². The summed E-state index contributed by atoms with van der Waals surface area (Å²) in [5.41, 5.74) is 1.03. The number of nitrogens with one attached hydrogen (secondary N) is 2. The summed E-state index contributed by atoms with van der Waals surface area (Å²) in [5.74, 6) is -4.69. The lowest BCUT2D eigenvalue weighted by atomic mass is 10.2. The molecule has 0 saturated carbocycles. The molecule has 15 heteroatoms. The number of benzene rings is 1. The van der Waals surface area contributed by atoms with Crippen LogP contribution in [0.15, 0.2) is 57.4 Å². The van der Waals surface area contributed by atoms with Gasteiger partial charge in [0.25, 0.3) is 11.6 Å². The number of ether oxygens (including phenoxy) is 2. The summed E-state index contributed by atoms with van der Waals surface area (Å²) in [5, 5.41) is 31.7. The number of carbonyl (C=O) groups is 3. The van der Waals surface area contributed by atoms with Crippen molar-refractivity contribution in [1.82, 2.24) is 15.4 Å². The van der Waals surface area contributed by atoms with Gasteiger partial charge in [-0.1, -0.05) is 12.1 Å². The average molecular weight is 473 g/mol. The van der Waals surface area contributed by atoms with Crippen molar-refractivity contribution in [3.63, 3.8) is 0 Å². The molecule has 2 rings (SSSR count). The molecular weight excluding hydrogens is 454 g/mol. The fraction of sp³-hybridized carbons (Fsp3) is 0.211. The first kappa shape index (κ1) is 25.3. The molecule has 1 heterocycles. The third kappa shape index (κ3) is 6.78. The number of nitro benzene ring substituents is 1. The molecule has 0 aliphatic heterocycles. The van der Waals surface area contributed by atoms with Crippen LogP contribution in [0.3, 0.4) is 0 Å². The second-order valence-corrected chi connectivity index (χ2v) is 5.99. The highest BCUT2D eigenvalue weighted by Crippen LogP contribution is 2.18. The number of aromatic nitrogens is 2. The van der Waals surface area contributed by atoms with Gasteiger partial charge in [0, 0.05) is 17.7 Å². The number of carbonyl (C=O) groups excluding carboxylic acids is 3. The van der Waals surface area contributed by atoms with E-state index in [9.17, 15) is 29.6 Å². The van der Waals surface area contributed by atoms with Gasteiger partial charge in [0.15, 0.2) is 5.69 Å². The van der Waals surface area contributed by atoms with Crippen LogP contribution in [0.1, 0.15) is 29.9 Å². The van der Waals surface area contributed by atoms with Gasteiger partial charge in [-0.15, -0.1) is 10.2 Å². The number of azo groups is 1. The summed E-state index contributed by atoms with van der Waals surface area (Å²) in [6.45, 7) is 3.04. The molecule has 0 aliphatic carbocycles. The number of hydrogen-bond donors (Lipinski definition) is 3. The van der Waals surface area contributed by atoms with Crippen LogP contribution in [0.4, 0.5) is 11.5 Å². The van der Waals surface area contributed by atoms with E-state index in [2.05, 4.69) is 30.0 Å². The van der Waals surface area contributed by atoms with Gasteiger partial charge in [0.05, 0.1) is 30.7 Å². The standard InChI is InChI=1S/C19H19N7O8/c1-3-33-18(29)14-16(21-10-20-14)24-23-13(15(27)19(30)34-4-2)17(28)25-22-9-11-6-5-7-12(8-11)26(31)32/h5-10,27H,3-4H2,1-2H3,(H,20,21)(H,25,28)/b15-13+,22-9-,24-23?. The molecule has 0 spiro atoms. The molecule has 2 aromatic rings. The van der Waals surface area contributed by atoms with E-state index >= 15 is 0 Å². The van der Waals surface area contributed by atoms with Crippen molar-refractivity contribution >= 4 is 35.6 Å². The van der Waals surface area contributed by atoms with E-state index in [4.69, 9.17) is 4.74 Å². The predicted molar refractivity (Wildman–Crippen MR) is 114 cm³/mol. The van der Waals surface area contributed by atoms with Gasteiger partial charge in [-0.05, 0) is 13.8 Å². The smallest absolute Gasteiger partial charge is 0.376 e. The van der Waals surface area contributed by atoms with E-state index in [0.29, 0.717) is 0 Å². The number of non-ortho nitro benzene ring substituents is 1. The van der Waals surface area contributed by atoms with Crippen LogP contribution < -0.4 is 5.43 Å². The van der Waals surface area contributed by atoms with Crippen LogP contribution in [-0.2, 0) is 19.1 Å². The Morgan fingerprint density at radius 3 is 2.68 bits per heavy atom. The average Bonchev–Trinajstić information content (AvgIpc) is 3.28. The third-order valence-electron chi connectivity index (χ3n) is 3.71. The zero-order valence-electron chi connectivity index (χ0n) is 17.9. The first-order valence-corrected chi connectivity index (χ1v) is 9.58. The van der Waals surface area contributed by atoms with E-state index < -0.39 is 34.2 Å². The summed E-state index contributed by atoms with van der Waals surface area (Å²) in [6, 6.07) is 5.38. The molecule has 0 saturated heterocycles. The zero-order chi connectivity index (χ0) is 25.1. The lowest BCUT2D eigenvalue weighted by molar-refractivity contribution is -0.384. The largest absolute Gasteiger partial charge is 0.500 e. The number of aromatic amines is 1. The summed E-state index contributed by atoms with van der Waals surface area (Å²) in [7, 11) is 0. The molecule has 0 atom stereocenters. The molecule has 1 aromatic heterocycles. The van der Waals surface area contributed by atoms with Crippen molar-refractivity contribution in [1.29, 1.82) is 0 Å². The Kier molecular flexibility index (Phi) is 9.07. The highest BCUT2D eigenvalue weighted by molar-refractivity contribution is 6.01. The summed E-state index contributed by atoms with van der Waals surface area (Å²) in [6.07, 6.45) is 2.21. The monoisotopic (exact) mass is 473 g/mol. The number of amides is 1. The third-order valence-corrected chi connectivity index (χ3v) is 3.71. The van der Waals surface area contributed by atoms with Gasteiger partial charge < -0.3 is 19.6 Å². The van der Waals surface area contributed by atoms with E-state index in [1.807, 2.05) is 5.43 Å². The molecule has 0 unspecified atom stereocenters. The summed E-state index contributed by atoms with van der Waals surface area (Å²) < 4.78 is 9.48. The Hall–Kier alpha value is -4.95. The van der Waals surface area contributed by atoms with Gasteiger partial charge in [0.1, 0.15) is 0 Å². The Labute approximate surface area is 191 Å². The first-order chi connectivity index (χ1) is 16.3. The molecule has 1 aromatic carbocycles. The minimum absolute atomic E-state index is 0.0776. The number of H-pyrrole nitrogens is 1. The lowest BCUT2D eigenvalue weighted by Crippen LogP contribution is -2.22. The van der Waals surface area contributed by atoms with Crippen molar-refractivity contribution in [2.24, 2.45) is 15.3 Å². The van der Waals surface area contributed by atoms with Crippen LogP contribution in [-0.4, -0.2) is 57.3 Å². The minimum Gasteiger partial charge on any atom is -0.500 e. The highest BCUT2D eigenvalue weighted by Gasteiger charge is 2.23. The van der Waals surface area contributed by atoms with Crippen LogP contribution >= 0.6 is 0 Å². The Bertz CT molecular complexity index is 1170. The van der Waals surface area contributed by atoms with Gasteiger partial charge in [-0.2, -0.15) is 5.10 Å². The molecule has 3 N–H and O–H groups in total. The van der Waals surface area contributed by atoms with Crippen molar-refractivity contribution in [2.45, 2.75) is 13.8 Å². The molecule has 34 heavy (non-hydrogen) atoms. The fourth-order valence-electron chi connectivity index (χ4n) is 2.25. The first-order valence-electron chi connectivity index (χ1n) is 9.58. The van der Waals surface area contributed by atoms with Gasteiger partial charge in [-0.3, -0.25) is 14.9 Å². The number of rotatable bonds is 10. The number of nitro groups is 1. The normalized spacial score (nSPS) is 11.8. The molecular formula is C19H19N7O8. The lowest BCUT2D eigenvalue weighted by Gasteiger charge is -2.04. The number of esters is 2. The summed E-state index contributed by atoms with van der Waals surface area (Å²) >= 11 is 0. The Morgan fingerprint density at radius 1 is 1.26 bits per heavy atom. The second kappa shape index (κ2) is 12.2. The maximum atomic E-state index is 12.5. The minimum atomic E-state index is -1.26. The van der Waals surface area contributed by atoms with Crippen molar-refractivity contribution in [3.8, 4) is 0 Å². The molecule has 15 nitrogen and oxygen atoms in total. The number of hydrazone groups is 1. The maximum absolute atomic E-state index is 12.5. The van der Waals surface area contributed by atoms with Crippen LogP contribution in [0.2, 0.25) is 0 Å². The van der Waals surface area contributed by atoms with Gasteiger partial charge >= 0.3 is 11.9 Å². The molecule has 0 bridgehead atoms. The van der Waals surface area contributed by atoms with E-state index in [1.54, 1.807) is 6.92 Å². The number of aliphatic hydroxyl groups is 1. The molecule has 178 valence electrons. The fourth-order valence-corrected chi connectivity index (χ4v) is 2.25.